The molecule has 1 aromatic carbocycles. The summed E-state index contributed by atoms with van der Waals surface area (Å²) in [4.78, 5) is 0. The lowest BCUT2D eigenvalue weighted by Gasteiger charge is -2.20. The van der Waals surface area contributed by atoms with E-state index in [0.717, 1.165) is 10.9 Å². The molecule has 0 unspecified atom stereocenters. The molecule has 0 aliphatic rings. The minimum Gasteiger partial charge on any atom is -0.506 e. The van der Waals surface area contributed by atoms with Crippen molar-refractivity contribution in [2.45, 2.75) is 31.9 Å². The third-order valence-electron chi connectivity index (χ3n) is 2.42. The smallest absolute Gasteiger partial charge is 0.134 e. The van der Waals surface area contributed by atoms with Gasteiger partial charge in [-0.2, -0.15) is 0 Å². The molecule has 2 atom stereocenters. The lowest BCUT2D eigenvalue weighted by molar-refractivity contribution is 0.133. The first kappa shape index (κ1) is 17.2. The number of benzene rings is 1. The van der Waals surface area contributed by atoms with Crippen LogP contribution >= 0.6 is 44.3 Å². The second-order valence-electron chi connectivity index (χ2n) is 3.71. The van der Waals surface area contributed by atoms with E-state index in [0.29, 0.717) is 16.5 Å². The molecule has 3 nitrogen and oxygen atoms in total. The first-order valence-electron chi connectivity index (χ1n) is 5.09. The van der Waals surface area contributed by atoms with Crippen LogP contribution in [-0.2, 0) is 0 Å². The van der Waals surface area contributed by atoms with Crippen molar-refractivity contribution in [3.8, 4) is 5.75 Å². The zero-order valence-corrected chi connectivity index (χ0v) is 13.3. The molecule has 6 heteroatoms. The van der Waals surface area contributed by atoms with Gasteiger partial charge in [-0.3, -0.25) is 0 Å². The second kappa shape index (κ2) is 7.59. The number of aliphatic hydroxyl groups excluding tert-OH is 1. The summed E-state index contributed by atoms with van der Waals surface area (Å²) >= 11 is 6.56. The fraction of sp³-hybridized carbons (Fsp3) is 0.455. The van der Waals surface area contributed by atoms with E-state index in [4.69, 9.17) is 5.73 Å². The molecule has 0 aliphatic heterocycles. The average molecular weight is 390 g/mol. The van der Waals surface area contributed by atoms with Crippen LogP contribution < -0.4 is 5.73 Å². The van der Waals surface area contributed by atoms with E-state index in [-0.39, 0.29) is 18.2 Å². The molecule has 0 radical (unpaired) electrons. The number of halogens is 3. The summed E-state index contributed by atoms with van der Waals surface area (Å²) in [6, 6.07) is 2.88. The third kappa shape index (κ3) is 4.41. The Morgan fingerprint density at radius 2 is 1.94 bits per heavy atom. The molecule has 0 fully saturated rings. The van der Waals surface area contributed by atoms with E-state index in [1.54, 1.807) is 12.1 Å². The highest BCUT2D eigenvalue weighted by atomic mass is 79.9. The number of aliphatic hydroxyl groups is 1. The summed E-state index contributed by atoms with van der Waals surface area (Å²) in [7, 11) is 0. The molecule has 0 amide bonds. The van der Waals surface area contributed by atoms with E-state index >= 15 is 0 Å². The van der Waals surface area contributed by atoms with Crippen LogP contribution in [0.25, 0.3) is 0 Å². The molecule has 0 aromatic heterocycles. The van der Waals surface area contributed by atoms with Gasteiger partial charge in [0, 0.05) is 10.0 Å². The fourth-order valence-corrected chi connectivity index (χ4v) is 2.78. The van der Waals surface area contributed by atoms with Gasteiger partial charge in [0.05, 0.1) is 16.6 Å². The van der Waals surface area contributed by atoms with Crippen molar-refractivity contribution in [3.05, 3.63) is 26.6 Å². The lowest BCUT2D eigenvalue weighted by atomic mass is 9.98. The van der Waals surface area contributed by atoms with E-state index in [1.807, 2.05) is 6.92 Å². The monoisotopic (exact) mass is 387 g/mol. The standard InChI is InChI=1S/C11H15Br2NO2.ClH/c1-2-3-9(15)10(14)7-4-6(12)5-8(13)11(7)16;/h4-5,9-10,15-16H,2-3,14H2,1H3;1H/t9-,10+;/m0./s1. The van der Waals surface area contributed by atoms with E-state index in [9.17, 15) is 10.2 Å². The van der Waals surface area contributed by atoms with Crippen molar-refractivity contribution in [2.75, 3.05) is 0 Å². The Balaban J connectivity index is 0.00000256. The zero-order valence-electron chi connectivity index (χ0n) is 9.36. The Morgan fingerprint density at radius 1 is 1.35 bits per heavy atom. The summed E-state index contributed by atoms with van der Waals surface area (Å²) < 4.78 is 1.38. The van der Waals surface area contributed by atoms with E-state index in [1.165, 1.54) is 0 Å². The van der Waals surface area contributed by atoms with Gasteiger partial charge in [-0.15, -0.1) is 12.4 Å². The summed E-state index contributed by atoms with van der Waals surface area (Å²) in [6.07, 6.45) is 0.826. The molecule has 4 N–H and O–H groups in total. The van der Waals surface area contributed by atoms with Gasteiger partial charge >= 0.3 is 0 Å². The predicted octanol–water partition coefficient (Wildman–Crippen LogP) is 3.50. The number of aromatic hydroxyl groups is 1. The summed E-state index contributed by atoms with van der Waals surface area (Å²) in [5, 5.41) is 19.7. The highest BCUT2D eigenvalue weighted by molar-refractivity contribution is 9.11. The molecule has 1 aromatic rings. The van der Waals surface area contributed by atoms with Crippen LogP contribution in [0.4, 0.5) is 0 Å². The fourth-order valence-electron chi connectivity index (χ4n) is 1.52. The highest BCUT2D eigenvalue weighted by Crippen LogP contribution is 2.35. The van der Waals surface area contributed by atoms with Gasteiger partial charge in [0.2, 0.25) is 0 Å². The van der Waals surface area contributed by atoms with Crippen LogP contribution in [0.2, 0.25) is 0 Å². The third-order valence-corrected chi connectivity index (χ3v) is 3.48. The molecule has 0 bridgehead atoms. The molecule has 0 saturated heterocycles. The maximum atomic E-state index is 9.85. The Hall–Kier alpha value is 0.190. The van der Waals surface area contributed by atoms with Gasteiger partial charge in [-0.05, 0) is 34.5 Å². The molecular formula is C11H16Br2ClNO2. The van der Waals surface area contributed by atoms with Gasteiger partial charge < -0.3 is 15.9 Å². The van der Waals surface area contributed by atoms with Crippen molar-refractivity contribution >= 4 is 44.3 Å². The SMILES string of the molecule is CCC[C@H](O)[C@H](N)c1cc(Br)cc(Br)c1O.Cl. The Labute approximate surface area is 124 Å². The molecule has 0 saturated carbocycles. The maximum Gasteiger partial charge on any atom is 0.134 e. The van der Waals surface area contributed by atoms with Gasteiger partial charge in [0.15, 0.2) is 0 Å². The minimum absolute atomic E-state index is 0. The predicted molar refractivity (Wildman–Crippen MR) is 78.6 cm³/mol. The molecule has 0 aliphatic carbocycles. The van der Waals surface area contributed by atoms with Crippen molar-refractivity contribution in [3.63, 3.8) is 0 Å². The van der Waals surface area contributed by atoms with E-state index < -0.39 is 12.1 Å². The van der Waals surface area contributed by atoms with Gasteiger partial charge in [-0.25, -0.2) is 0 Å². The molecular weight excluding hydrogens is 373 g/mol. The van der Waals surface area contributed by atoms with Gasteiger partial charge in [-0.1, -0.05) is 29.3 Å². The largest absolute Gasteiger partial charge is 0.506 e. The Bertz CT molecular complexity index is 377. The number of phenols is 1. The topological polar surface area (TPSA) is 66.5 Å². The first-order valence-corrected chi connectivity index (χ1v) is 6.67. The average Bonchev–Trinajstić information content (AvgIpc) is 2.22. The van der Waals surface area contributed by atoms with Crippen molar-refractivity contribution < 1.29 is 10.2 Å². The minimum atomic E-state index is -0.642. The summed E-state index contributed by atoms with van der Waals surface area (Å²) in [6.45, 7) is 1.98. The van der Waals surface area contributed by atoms with Crippen LogP contribution in [0.3, 0.4) is 0 Å². The molecule has 1 rings (SSSR count). The first-order chi connectivity index (χ1) is 7.47. The summed E-state index contributed by atoms with van der Waals surface area (Å²) in [5.74, 6) is 0.0888. The number of rotatable bonds is 4. The Morgan fingerprint density at radius 3 is 2.47 bits per heavy atom. The van der Waals surface area contributed by atoms with Crippen LogP contribution in [0.1, 0.15) is 31.4 Å². The number of phenolic OH excluding ortho intramolecular Hbond substituents is 1. The quantitative estimate of drug-likeness (QED) is 0.738. The van der Waals surface area contributed by atoms with Crippen molar-refractivity contribution in [1.82, 2.24) is 0 Å². The number of nitrogens with two attached hydrogens (primary N) is 1. The van der Waals surface area contributed by atoms with Crippen LogP contribution in [0.5, 0.6) is 5.75 Å². The normalized spacial score (nSPS) is 13.9. The van der Waals surface area contributed by atoms with Crippen LogP contribution in [0.15, 0.2) is 21.1 Å². The molecule has 0 heterocycles. The van der Waals surface area contributed by atoms with Crippen LogP contribution in [-0.4, -0.2) is 16.3 Å². The maximum absolute atomic E-state index is 9.85. The molecule has 17 heavy (non-hydrogen) atoms. The number of hydrogen-bond donors (Lipinski definition) is 3. The zero-order chi connectivity index (χ0) is 12.3. The second-order valence-corrected chi connectivity index (χ2v) is 5.48. The van der Waals surface area contributed by atoms with Gasteiger partial charge in [0.1, 0.15) is 5.75 Å². The number of hydrogen-bond acceptors (Lipinski definition) is 3. The van der Waals surface area contributed by atoms with Crippen LogP contribution in [0, 0.1) is 0 Å². The van der Waals surface area contributed by atoms with Gasteiger partial charge in [0.25, 0.3) is 0 Å². The lowest BCUT2D eigenvalue weighted by Crippen LogP contribution is -2.26. The van der Waals surface area contributed by atoms with Crippen molar-refractivity contribution in [1.29, 1.82) is 0 Å². The molecule has 98 valence electrons. The molecule has 0 spiro atoms. The highest BCUT2D eigenvalue weighted by Gasteiger charge is 2.20. The van der Waals surface area contributed by atoms with E-state index in [2.05, 4.69) is 31.9 Å². The summed E-state index contributed by atoms with van der Waals surface area (Å²) in [5.41, 5.74) is 6.46. The Kier molecular flexibility index (Phi) is 7.67. The van der Waals surface area contributed by atoms with Crippen molar-refractivity contribution in [2.24, 2.45) is 5.73 Å².